The maximum absolute atomic E-state index is 14.0. The number of benzene rings is 1. The van der Waals surface area contributed by atoms with Gasteiger partial charge in [0.25, 0.3) is 0 Å². The number of halogens is 2. The van der Waals surface area contributed by atoms with E-state index in [1.807, 2.05) is 19.1 Å². The third kappa shape index (κ3) is 4.13. The van der Waals surface area contributed by atoms with Gasteiger partial charge in [-0.25, -0.2) is 4.39 Å². The minimum atomic E-state index is -0.148. The first-order valence-electron chi connectivity index (χ1n) is 6.40. The number of hydrogen-bond donors (Lipinski definition) is 1. The summed E-state index contributed by atoms with van der Waals surface area (Å²) in [7, 11) is 0. The van der Waals surface area contributed by atoms with Gasteiger partial charge in [0.15, 0.2) is 0 Å². The van der Waals surface area contributed by atoms with Gasteiger partial charge in [-0.15, -0.1) is 0 Å². The third-order valence-electron chi connectivity index (χ3n) is 3.09. The summed E-state index contributed by atoms with van der Waals surface area (Å²) in [4.78, 5) is 0. The minimum Gasteiger partial charge on any atom is -0.310 e. The van der Waals surface area contributed by atoms with E-state index in [-0.39, 0.29) is 11.9 Å². The van der Waals surface area contributed by atoms with Crippen LogP contribution >= 0.6 is 27.3 Å². The van der Waals surface area contributed by atoms with E-state index in [9.17, 15) is 4.39 Å². The third-order valence-corrected chi connectivity index (χ3v) is 4.32. The molecular formula is C15H17BrFNS. The Balaban J connectivity index is 2.10. The maximum atomic E-state index is 14.0. The van der Waals surface area contributed by atoms with E-state index in [4.69, 9.17) is 0 Å². The monoisotopic (exact) mass is 341 g/mol. The lowest BCUT2D eigenvalue weighted by atomic mass is 9.99. The van der Waals surface area contributed by atoms with Gasteiger partial charge in [0.1, 0.15) is 5.82 Å². The first-order valence-corrected chi connectivity index (χ1v) is 8.13. The highest BCUT2D eigenvalue weighted by atomic mass is 79.9. The highest BCUT2D eigenvalue weighted by Crippen LogP contribution is 2.25. The van der Waals surface area contributed by atoms with Crippen LogP contribution in [0.25, 0.3) is 0 Å². The molecule has 102 valence electrons. The van der Waals surface area contributed by atoms with Gasteiger partial charge >= 0.3 is 0 Å². The van der Waals surface area contributed by atoms with E-state index < -0.39 is 0 Å². The quantitative estimate of drug-likeness (QED) is 0.785. The van der Waals surface area contributed by atoms with Gasteiger partial charge in [-0.2, -0.15) is 11.3 Å². The Morgan fingerprint density at radius 3 is 2.84 bits per heavy atom. The van der Waals surface area contributed by atoms with Gasteiger partial charge in [0.05, 0.1) is 0 Å². The van der Waals surface area contributed by atoms with Crippen LogP contribution < -0.4 is 5.32 Å². The summed E-state index contributed by atoms with van der Waals surface area (Å²) in [5.74, 6) is -0.148. The van der Waals surface area contributed by atoms with Crippen LogP contribution in [0.3, 0.4) is 0 Å². The molecule has 0 aliphatic rings. The molecule has 1 atom stereocenters. The van der Waals surface area contributed by atoms with E-state index in [0.717, 1.165) is 29.4 Å². The van der Waals surface area contributed by atoms with Crippen LogP contribution in [0.4, 0.5) is 4.39 Å². The molecule has 1 N–H and O–H groups in total. The van der Waals surface area contributed by atoms with Gasteiger partial charge in [0.2, 0.25) is 0 Å². The Bertz CT molecular complexity index is 513. The molecule has 1 heterocycles. The Morgan fingerprint density at radius 2 is 2.21 bits per heavy atom. The molecule has 4 heteroatoms. The van der Waals surface area contributed by atoms with Gasteiger partial charge in [-0.05, 0) is 53.9 Å². The Labute approximate surface area is 126 Å². The largest absolute Gasteiger partial charge is 0.310 e. The fraction of sp³-hybridized carbons (Fsp3) is 0.333. The van der Waals surface area contributed by atoms with E-state index in [0.29, 0.717) is 0 Å². The van der Waals surface area contributed by atoms with Crippen LogP contribution in [0.1, 0.15) is 30.5 Å². The molecular weight excluding hydrogens is 325 g/mol. The summed E-state index contributed by atoms with van der Waals surface area (Å²) in [5, 5.41) is 7.60. The molecule has 1 aromatic heterocycles. The van der Waals surface area contributed by atoms with Gasteiger partial charge < -0.3 is 5.32 Å². The molecule has 0 radical (unpaired) electrons. The van der Waals surface area contributed by atoms with Crippen molar-refractivity contribution < 1.29 is 4.39 Å². The zero-order valence-corrected chi connectivity index (χ0v) is 13.2. The van der Waals surface area contributed by atoms with Crippen LogP contribution in [0.15, 0.2) is 39.5 Å². The number of thiophene rings is 1. The normalized spacial score (nSPS) is 12.6. The van der Waals surface area contributed by atoms with E-state index >= 15 is 0 Å². The smallest absolute Gasteiger partial charge is 0.129 e. The predicted octanol–water partition coefficient (Wildman–Crippen LogP) is 4.93. The molecule has 2 aromatic rings. The molecule has 0 fully saturated rings. The van der Waals surface area contributed by atoms with E-state index in [2.05, 4.69) is 38.1 Å². The molecule has 0 saturated heterocycles. The SMILES string of the molecule is CCNC(CCc1ccsc1)c1ccc(Br)cc1F. The van der Waals surface area contributed by atoms with Crippen molar-refractivity contribution in [1.29, 1.82) is 0 Å². The second-order valence-corrected chi connectivity index (χ2v) is 6.14. The molecule has 1 unspecified atom stereocenters. The number of hydrogen-bond acceptors (Lipinski definition) is 2. The molecule has 1 nitrogen and oxygen atoms in total. The predicted molar refractivity (Wildman–Crippen MR) is 83.2 cm³/mol. The molecule has 1 aromatic carbocycles. The maximum Gasteiger partial charge on any atom is 0.129 e. The lowest BCUT2D eigenvalue weighted by Gasteiger charge is -2.19. The summed E-state index contributed by atoms with van der Waals surface area (Å²) in [6.45, 7) is 2.89. The van der Waals surface area contributed by atoms with Crippen molar-refractivity contribution in [3.05, 3.63) is 56.4 Å². The van der Waals surface area contributed by atoms with Crippen molar-refractivity contribution in [2.75, 3.05) is 6.54 Å². The molecule has 2 rings (SSSR count). The van der Waals surface area contributed by atoms with Crippen molar-refractivity contribution >= 4 is 27.3 Å². The number of rotatable bonds is 6. The Morgan fingerprint density at radius 1 is 1.37 bits per heavy atom. The van der Waals surface area contributed by atoms with Crippen LogP contribution in [0.5, 0.6) is 0 Å². The van der Waals surface area contributed by atoms with Crippen molar-refractivity contribution in [1.82, 2.24) is 5.32 Å². The zero-order chi connectivity index (χ0) is 13.7. The molecule has 0 aliphatic carbocycles. The summed E-state index contributed by atoms with van der Waals surface area (Å²) in [6, 6.07) is 7.49. The molecule has 0 bridgehead atoms. The fourth-order valence-electron chi connectivity index (χ4n) is 2.14. The molecule has 0 amide bonds. The van der Waals surface area contributed by atoms with Crippen molar-refractivity contribution in [3.8, 4) is 0 Å². The first-order chi connectivity index (χ1) is 9.20. The lowest BCUT2D eigenvalue weighted by molar-refractivity contribution is 0.485. The number of aryl methyl sites for hydroxylation is 1. The summed E-state index contributed by atoms with van der Waals surface area (Å²) in [6.07, 6.45) is 1.87. The average Bonchev–Trinajstić information content (AvgIpc) is 2.88. The molecule has 0 spiro atoms. The highest BCUT2D eigenvalue weighted by Gasteiger charge is 2.15. The minimum absolute atomic E-state index is 0.0676. The number of nitrogens with one attached hydrogen (secondary N) is 1. The Hall–Kier alpha value is -0.710. The van der Waals surface area contributed by atoms with Gasteiger partial charge in [-0.3, -0.25) is 0 Å². The topological polar surface area (TPSA) is 12.0 Å². The van der Waals surface area contributed by atoms with Crippen LogP contribution in [-0.2, 0) is 6.42 Å². The molecule has 0 aliphatic heterocycles. The van der Waals surface area contributed by atoms with Crippen LogP contribution in [0.2, 0.25) is 0 Å². The average molecular weight is 342 g/mol. The van der Waals surface area contributed by atoms with E-state index in [1.165, 1.54) is 11.6 Å². The summed E-state index contributed by atoms with van der Waals surface area (Å²) in [5.41, 5.74) is 2.07. The van der Waals surface area contributed by atoms with Gasteiger partial charge in [-0.1, -0.05) is 28.9 Å². The second-order valence-electron chi connectivity index (χ2n) is 4.45. The summed E-state index contributed by atoms with van der Waals surface area (Å²) < 4.78 is 14.8. The lowest BCUT2D eigenvalue weighted by Crippen LogP contribution is -2.22. The van der Waals surface area contributed by atoms with Gasteiger partial charge in [0, 0.05) is 16.1 Å². The van der Waals surface area contributed by atoms with Crippen molar-refractivity contribution in [3.63, 3.8) is 0 Å². The van der Waals surface area contributed by atoms with E-state index in [1.54, 1.807) is 11.3 Å². The second kappa shape index (κ2) is 7.17. The fourth-order valence-corrected chi connectivity index (χ4v) is 3.18. The van der Waals surface area contributed by atoms with Crippen LogP contribution in [0, 0.1) is 5.82 Å². The van der Waals surface area contributed by atoms with Crippen molar-refractivity contribution in [2.45, 2.75) is 25.8 Å². The highest BCUT2D eigenvalue weighted by molar-refractivity contribution is 9.10. The summed E-state index contributed by atoms with van der Waals surface area (Å²) >= 11 is 5.00. The standard InChI is InChI=1S/C15H17BrFNS/c1-2-18-15(6-3-11-7-8-19-10-11)13-5-4-12(16)9-14(13)17/h4-5,7-10,15,18H,2-3,6H2,1H3. The zero-order valence-electron chi connectivity index (χ0n) is 10.8. The molecule has 0 saturated carbocycles. The Kier molecular flexibility index (Phi) is 5.55. The van der Waals surface area contributed by atoms with Crippen molar-refractivity contribution in [2.24, 2.45) is 0 Å². The molecule has 19 heavy (non-hydrogen) atoms. The first kappa shape index (κ1) is 14.7. The van der Waals surface area contributed by atoms with Crippen LogP contribution in [-0.4, -0.2) is 6.54 Å².